The number of hydrogen-bond donors (Lipinski definition) is 1. The van der Waals surface area contributed by atoms with Crippen LogP contribution < -0.4 is 8.92 Å². The molecule has 0 fully saturated rings. The van der Waals surface area contributed by atoms with E-state index in [1.165, 1.54) is 0 Å². The summed E-state index contributed by atoms with van der Waals surface area (Å²) in [5.41, 5.74) is -4.12. The summed E-state index contributed by atoms with van der Waals surface area (Å²) in [4.78, 5) is 0.131. The number of hydrogen-bond acceptors (Lipinski definition) is 6. The molecule has 0 spiro atoms. The maximum absolute atomic E-state index is 12.7. The first-order chi connectivity index (χ1) is 14.8. The van der Waals surface area contributed by atoms with Crippen LogP contribution in [0.1, 0.15) is 0 Å². The Labute approximate surface area is 182 Å². The SMILES string of the molecule is COc1ccc(OS(=O)(=O)c2ccccc2-c2ccccc2)cc1.O=S(=O)(O)C(F)(F)F. The van der Waals surface area contributed by atoms with Crippen LogP contribution in [0.25, 0.3) is 11.1 Å². The number of rotatable bonds is 5. The van der Waals surface area contributed by atoms with Gasteiger partial charge in [0.25, 0.3) is 0 Å². The normalized spacial score (nSPS) is 11.8. The third-order valence-electron chi connectivity index (χ3n) is 3.80. The van der Waals surface area contributed by atoms with Gasteiger partial charge >= 0.3 is 25.7 Å². The van der Waals surface area contributed by atoms with E-state index >= 15 is 0 Å². The molecule has 3 rings (SSSR count). The van der Waals surface area contributed by atoms with Crippen LogP contribution in [-0.2, 0) is 20.2 Å². The van der Waals surface area contributed by atoms with Crippen LogP contribution in [0.4, 0.5) is 13.2 Å². The number of benzene rings is 3. The Bertz CT molecular complexity index is 1240. The molecule has 0 saturated heterocycles. The second-order valence-electron chi connectivity index (χ2n) is 6.00. The van der Waals surface area contributed by atoms with Gasteiger partial charge in [-0.05, 0) is 35.9 Å². The van der Waals surface area contributed by atoms with Crippen molar-refractivity contribution in [3.63, 3.8) is 0 Å². The van der Waals surface area contributed by atoms with Gasteiger partial charge in [0.1, 0.15) is 16.4 Å². The standard InChI is InChI=1S/C19H16O4S.CHF3O3S/c1-22-16-11-13-17(14-12-16)23-24(20,21)19-10-6-5-9-18(19)15-7-3-2-4-8-15;2-1(3,4)8(5,6)7/h2-14H,1H3;(H,5,6,7). The Balaban J connectivity index is 0.000000390. The van der Waals surface area contributed by atoms with Crippen LogP contribution in [0.2, 0.25) is 0 Å². The van der Waals surface area contributed by atoms with Crippen LogP contribution in [-0.4, -0.2) is 34.0 Å². The van der Waals surface area contributed by atoms with Crippen molar-refractivity contribution in [2.24, 2.45) is 0 Å². The topological polar surface area (TPSA) is 107 Å². The van der Waals surface area contributed by atoms with Gasteiger partial charge in [-0.15, -0.1) is 0 Å². The Morgan fingerprint density at radius 3 is 1.72 bits per heavy atom. The minimum absolute atomic E-state index is 0.131. The summed E-state index contributed by atoms with van der Waals surface area (Å²) >= 11 is 0. The van der Waals surface area contributed by atoms with Gasteiger partial charge in [-0.2, -0.15) is 30.0 Å². The first-order valence-electron chi connectivity index (χ1n) is 8.62. The first-order valence-corrected chi connectivity index (χ1v) is 11.5. The van der Waals surface area contributed by atoms with Gasteiger partial charge in [-0.25, -0.2) is 0 Å². The summed E-state index contributed by atoms with van der Waals surface area (Å²) in [7, 11) is -8.25. The van der Waals surface area contributed by atoms with Gasteiger partial charge in [0.05, 0.1) is 7.11 Å². The molecule has 0 aliphatic carbocycles. The average Bonchev–Trinajstić information content (AvgIpc) is 2.74. The lowest BCUT2D eigenvalue weighted by Crippen LogP contribution is -2.21. The van der Waals surface area contributed by atoms with Crippen LogP contribution in [0.15, 0.2) is 83.8 Å². The Hall–Kier alpha value is -3.09. The summed E-state index contributed by atoms with van der Waals surface area (Å²) in [5.74, 6) is 0.864. The molecule has 0 atom stereocenters. The predicted molar refractivity (Wildman–Crippen MR) is 110 cm³/mol. The van der Waals surface area contributed by atoms with Gasteiger partial charge in [0.15, 0.2) is 0 Å². The fourth-order valence-electron chi connectivity index (χ4n) is 2.34. The quantitative estimate of drug-likeness (QED) is 0.318. The molecule has 12 heteroatoms. The van der Waals surface area contributed by atoms with Crippen molar-refractivity contribution in [3.05, 3.63) is 78.9 Å². The maximum Gasteiger partial charge on any atom is 0.522 e. The fraction of sp³-hybridized carbons (Fsp3) is 0.100. The van der Waals surface area contributed by atoms with Gasteiger partial charge in [0, 0.05) is 5.56 Å². The lowest BCUT2D eigenvalue weighted by molar-refractivity contribution is -0.0510. The highest BCUT2D eigenvalue weighted by Crippen LogP contribution is 2.29. The first kappa shape index (κ1) is 25.2. The summed E-state index contributed by atoms with van der Waals surface area (Å²) in [5, 5.41) is 0. The third-order valence-corrected chi connectivity index (χ3v) is 5.69. The molecule has 1 N–H and O–H groups in total. The largest absolute Gasteiger partial charge is 0.522 e. The number of alkyl halides is 3. The lowest BCUT2D eigenvalue weighted by atomic mass is 10.1. The molecule has 7 nitrogen and oxygen atoms in total. The fourth-order valence-corrected chi connectivity index (χ4v) is 3.50. The monoisotopic (exact) mass is 490 g/mol. The number of halogens is 3. The van der Waals surface area contributed by atoms with E-state index in [1.54, 1.807) is 55.6 Å². The zero-order chi connectivity index (χ0) is 24.0. The van der Waals surface area contributed by atoms with E-state index < -0.39 is 25.7 Å². The lowest BCUT2D eigenvalue weighted by Gasteiger charge is -2.12. The number of methoxy groups -OCH3 is 1. The van der Waals surface area contributed by atoms with E-state index in [9.17, 15) is 21.6 Å². The molecule has 0 saturated carbocycles. The molecule has 0 bridgehead atoms. The molecule has 3 aromatic carbocycles. The van der Waals surface area contributed by atoms with E-state index in [0.29, 0.717) is 11.3 Å². The molecular formula is C20H17F3O7S2. The molecule has 0 unspecified atom stereocenters. The Morgan fingerprint density at radius 1 is 0.750 bits per heavy atom. The van der Waals surface area contributed by atoms with Gasteiger partial charge < -0.3 is 8.92 Å². The van der Waals surface area contributed by atoms with Crippen molar-refractivity contribution in [2.45, 2.75) is 10.4 Å². The van der Waals surface area contributed by atoms with Gasteiger partial charge in [-0.1, -0.05) is 48.5 Å². The van der Waals surface area contributed by atoms with E-state index in [-0.39, 0.29) is 10.6 Å². The van der Waals surface area contributed by atoms with E-state index in [2.05, 4.69) is 0 Å². The Kier molecular flexibility index (Phi) is 7.88. The highest BCUT2D eigenvalue weighted by atomic mass is 32.2. The second-order valence-corrected chi connectivity index (χ2v) is 8.92. The van der Waals surface area contributed by atoms with Crippen molar-refractivity contribution >= 4 is 20.2 Å². The zero-order valence-corrected chi connectivity index (χ0v) is 18.0. The van der Waals surface area contributed by atoms with Crippen molar-refractivity contribution in [2.75, 3.05) is 7.11 Å². The molecule has 32 heavy (non-hydrogen) atoms. The molecule has 172 valence electrons. The zero-order valence-electron chi connectivity index (χ0n) is 16.4. The highest BCUT2D eigenvalue weighted by molar-refractivity contribution is 7.87. The summed E-state index contributed by atoms with van der Waals surface area (Å²) in [6, 6.07) is 22.5. The molecule has 0 heterocycles. The second kappa shape index (κ2) is 10.0. The summed E-state index contributed by atoms with van der Waals surface area (Å²) in [6.07, 6.45) is 0. The Morgan fingerprint density at radius 2 is 1.22 bits per heavy atom. The van der Waals surface area contributed by atoms with E-state index in [4.69, 9.17) is 21.9 Å². The van der Waals surface area contributed by atoms with Crippen LogP contribution in [0, 0.1) is 0 Å². The summed E-state index contributed by atoms with van der Waals surface area (Å²) in [6.45, 7) is 0. The van der Waals surface area contributed by atoms with E-state index in [1.807, 2.05) is 30.3 Å². The van der Waals surface area contributed by atoms with Crippen molar-refractivity contribution in [1.82, 2.24) is 0 Å². The molecule has 0 amide bonds. The third kappa shape index (κ3) is 6.70. The molecule has 0 aromatic heterocycles. The smallest absolute Gasteiger partial charge is 0.497 e. The van der Waals surface area contributed by atoms with Crippen LogP contribution >= 0.6 is 0 Å². The minimum atomic E-state index is -5.84. The van der Waals surface area contributed by atoms with Gasteiger partial charge in [-0.3, -0.25) is 4.55 Å². The molecule has 0 aliphatic heterocycles. The highest BCUT2D eigenvalue weighted by Gasteiger charge is 2.44. The van der Waals surface area contributed by atoms with Crippen molar-refractivity contribution in [3.8, 4) is 22.6 Å². The molecule has 3 aromatic rings. The van der Waals surface area contributed by atoms with E-state index in [0.717, 1.165) is 5.56 Å². The van der Waals surface area contributed by atoms with Crippen molar-refractivity contribution in [1.29, 1.82) is 0 Å². The predicted octanol–water partition coefficient (Wildman–Crippen LogP) is 4.52. The molecule has 0 radical (unpaired) electrons. The number of ether oxygens (including phenoxy) is 1. The van der Waals surface area contributed by atoms with Crippen molar-refractivity contribution < 1.29 is 43.5 Å². The summed E-state index contributed by atoms with van der Waals surface area (Å²) < 4.78 is 93.3. The minimum Gasteiger partial charge on any atom is -0.497 e. The van der Waals surface area contributed by atoms with Crippen LogP contribution in [0.3, 0.4) is 0 Å². The molecular weight excluding hydrogens is 473 g/mol. The average molecular weight is 490 g/mol. The van der Waals surface area contributed by atoms with Gasteiger partial charge in [0.2, 0.25) is 0 Å². The van der Waals surface area contributed by atoms with Crippen LogP contribution in [0.5, 0.6) is 11.5 Å². The maximum atomic E-state index is 12.7. The molecule has 0 aliphatic rings.